The predicted octanol–water partition coefficient (Wildman–Crippen LogP) is 3.09. The monoisotopic (exact) mass is 441 g/mol. The number of aryl methyl sites for hydroxylation is 2. The fourth-order valence-electron chi connectivity index (χ4n) is 3.97. The van der Waals surface area contributed by atoms with Gasteiger partial charge in [-0.15, -0.1) is 0 Å². The molecule has 164 valence electrons. The summed E-state index contributed by atoms with van der Waals surface area (Å²) in [5, 5.41) is 14.1. The average Bonchev–Trinajstić information content (AvgIpc) is 3.35. The molecule has 1 N–H and O–H groups in total. The Bertz CT molecular complexity index is 1100. The molecule has 4 rings (SSSR count). The zero-order valence-electron chi connectivity index (χ0n) is 17.5. The number of β-amino-alcohol motifs (C(OH)–C–C–N with tert-alkyl or cyclic N) is 1. The number of benzene rings is 2. The predicted molar refractivity (Wildman–Crippen MR) is 116 cm³/mol. The van der Waals surface area contributed by atoms with Crippen molar-refractivity contribution in [2.75, 3.05) is 13.1 Å². The van der Waals surface area contributed by atoms with Gasteiger partial charge in [0.1, 0.15) is 5.75 Å². The van der Waals surface area contributed by atoms with Gasteiger partial charge in [-0.25, -0.2) is 8.42 Å². The van der Waals surface area contributed by atoms with Crippen molar-refractivity contribution in [3.05, 3.63) is 77.4 Å². The third-order valence-electron chi connectivity index (χ3n) is 5.60. The molecule has 3 aromatic rings. The lowest BCUT2D eigenvalue weighted by Gasteiger charge is -2.20. The SMILES string of the molecule is Cc1ccc(S(=O)(=O)Cc2noc(C3CC(O)CN3CCCc3ccccc3)n2)cc1. The van der Waals surface area contributed by atoms with Crippen LogP contribution in [0.5, 0.6) is 0 Å². The molecule has 1 aliphatic heterocycles. The highest BCUT2D eigenvalue weighted by Crippen LogP contribution is 2.31. The van der Waals surface area contributed by atoms with E-state index in [1.807, 2.05) is 25.1 Å². The van der Waals surface area contributed by atoms with Crippen molar-refractivity contribution >= 4 is 9.84 Å². The summed E-state index contributed by atoms with van der Waals surface area (Å²) in [5.41, 5.74) is 2.27. The fraction of sp³-hybridized carbons (Fsp3) is 0.391. The van der Waals surface area contributed by atoms with E-state index in [2.05, 4.69) is 27.2 Å². The molecule has 1 saturated heterocycles. The van der Waals surface area contributed by atoms with Gasteiger partial charge in [0.25, 0.3) is 0 Å². The summed E-state index contributed by atoms with van der Waals surface area (Å²) in [6.07, 6.45) is 1.92. The molecule has 1 aromatic heterocycles. The Balaban J connectivity index is 1.41. The maximum atomic E-state index is 12.7. The van der Waals surface area contributed by atoms with Crippen molar-refractivity contribution in [1.29, 1.82) is 0 Å². The molecule has 0 bridgehead atoms. The van der Waals surface area contributed by atoms with Gasteiger partial charge in [-0.2, -0.15) is 4.98 Å². The number of sulfone groups is 1. The highest BCUT2D eigenvalue weighted by molar-refractivity contribution is 7.90. The van der Waals surface area contributed by atoms with Crippen molar-refractivity contribution in [3.8, 4) is 0 Å². The molecular formula is C23H27N3O4S. The second-order valence-corrected chi connectivity index (χ2v) is 10.1. The lowest BCUT2D eigenvalue weighted by atomic mass is 10.1. The zero-order valence-corrected chi connectivity index (χ0v) is 18.3. The van der Waals surface area contributed by atoms with E-state index in [9.17, 15) is 13.5 Å². The first-order chi connectivity index (χ1) is 14.9. The second-order valence-electron chi connectivity index (χ2n) is 8.11. The first kappa shape index (κ1) is 21.7. The van der Waals surface area contributed by atoms with E-state index < -0.39 is 15.9 Å². The number of hydrogen-bond donors (Lipinski definition) is 1. The molecule has 0 aliphatic carbocycles. The Hall–Kier alpha value is -2.55. The lowest BCUT2D eigenvalue weighted by molar-refractivity contribution is 0.172. The van der Waals surface area contributed by atoms with Crippen LogP contribution in [0.1, 0.15) is 41.7 Å². The number of rotatable bonds is 8. The van der Waals surface area contributed by atoms with Crippen LogP contribution in [-0.2, 0) is 22.0 Å². The molecule has 0 radical (unpaired) electrons. The minimum Gasteiger partial charge on any atom is -0.392 e. The molecule has 7 nitrogen and oxygen atoms in total. The van der Waals surface area contributed by atoms with Crippen LogP contribution < -0.4 is 0 Å². The van der Waals surface area contributed by atoms with Gasteiger partial charge in [0.15, 0.2) is 15.7 Å². The Morgan fingerprint density at radius 1 is 1.13 bits per heavy atom. The second kappa shape index (κ2) is 9.30. The number of aliphatic hydroxyl groups is 1. The van der Waals surface area contributed by atoms with Crippen LogP contribution in [0.25, 0.3) is 0 Å². The van der Waals surface area contributed by atoms with Crippen molar-refractivity contribution in [2.45, 2.75) is 49.0 Å². The van der Waals surface area contributed by atoms with Crippen molar-refractivity contribution in [2.24, 2.45) is 0 Å². The molecule has 0 saturated carbocycles. The van der Waals surface area contributed by atoms with Gasteiger partial charge >= 0.3 is 0 Å². The summed E-state index contributed by atoms with van der Waals surface area (Å²) in [6, 6.07) is 16.8. The Morgan fingerprint density at radius 3 is 2.61 bits per heavy atom. The molecule has 2 unspecified atom stereocenters. The van der Waals surface area contributed by atoms with Crippen LogP contribution in [0.3, 0.4) is 0 Å². The third-order valence-corrected chi connectivity index (χ3v) is 7.23. The molecule has 0 amide bonds. The summed E-state index contributed by atoms with van der Waals surface area (Å²) in [4.78, 5) is 6.74. The fourth-order valence-corrected chi connectivity index (χ4v) is 5.15. The number of aliphatic hydroxyl groups excluding tert-OH is 1. The van der Waals surface area contributed by atoms with E-state index in [0.29, 0.717) is 18.9 Å². The molecule has 1 fully saturated rings. The van der Waals surface area contributed by atoms with Crippen LogP contribution in [0, 0.1) is 6.92 Å². The van der Waals surface area contributed by atoms with Crippen molar-refractivity contribution in [3.63, 3.8) is 0 Å². The quantitative estimate of drug-likeness (QED) is 0.574. The highest BCUT2D eigenvalue weighted by atomic mass is 32.2. The van der Waals surface area contributed by atoms with E-state index in [4.69, 9.17) is 4.52 Å². The van der Waals surface area contributed by atoms with Crippen LogP contribution >= 0.6 is 0 Å². The Kier molecular flexibility index (Phi) is 6.50. The van der Waals surface area contributed by atoms with E-state index in [-0.39, 0.29) is 22.5 Å². The van der Waals surface area contributed by atoms with Crippen LogP contribution in [0.2, 0.25) is 0 Å². The number of nitrogens with zero attached hydrogens (tertiary/aromatic N) is 3. The minimum atomic E-state index is -3.56. The van der Waals surface area contributed by atoms with E-state index in [1.54, 1.807) is 24.3 Å². The topological polar surface area (TPSA) is 96.5 Å². The highest BCUT2D eigenvalue weighted by Gasteiger charge is 2.35. The van der Waals surface area contributed by atoms with Gasteiger partial charge in [0.2, 0.25) is 5.89 Å². The van der Waals surface area contributed by atoms with Gasteiger partial charge in [0.05, 0.1) is 17.0 Å². The molecule has 8 heteroatoms. The summed E-state index contributed by atoms with van der Waals surface area (Å²) in [6.45, 7) is 3.23. The molecule has 1 aliphatic rings. The van der Waals surface area contributed by atoms with Crippen molar-refractivity contribution < 1.29 is 18.0 Å². The van der Waals surface area contributed by atoms with Gasteiger partial charge in [-0.05, 0) is 50.4 Å². The normalized spacial score (nSPS) is 19.7. The number of aromatic nitrogens is 2. The van der Waals surface area contributed by atoms with Gasteiger partial charge in [0, 0.05) is 6.54 Å². The average molecular weight is 442 g/mol. The molecule has 2 heterocycles. The molecule has 2 aromatic carbocycles. The van der Waals surface area contributed by atoms with E-state index in [0.717, 1.165) is 24.9 Å². The molecular weight excluding hydrogens is 414 g/mol. The standard InChI is InChI=1S/C23H27N3O4S/c1-17-9-11-20(12-10-17)31(28,29)16-22-24-23(30-25-22)21-14-19(27)15-26(21)13-5-8-18-6-3-2-4-7-18/h2-4,6-7,9-12,19,21,27H,5,8,13-16H2,1H3. The Labute approximate surface area is 182 Å². The van der Waals surface area contributed by atoms with Gasteiger partial charge < -0.3 is 9.63 Å². The third kappa shape index (κ3) is 5.39. The first-order valence-corrected chi connectivity index (χ1v) is 12.1. The number of hydrogen-bond acceptors (Lipinski definition) is 7. The van der Waals surface area contributed by atoms with E-state index >= 15 is 0 Å². The van der Waals surface area contributed by atoms with Crippen LogP contribution in [0.4, 0.5) is 0 Å². The lowest BCUT2D eigenvalue weighted by Crippen LogP contribution is -2.26. The molecule has 0 spiro atoms. The van der Waals surface area contributed by atoms with Crippen LogP contribution in [0.15, 0.2) is 64.0 Å². The minimum absolute atomic E-state index is 0.140. The summed E-state index contributed by atoms with van der Waals surface area (Å²) in [7, 11) is -3.56. The number of likely N-dealkylation sites (tertiary alicyclic amines) is 1. The Morgan fingerprint density at radius 2 is 1.87 bits per heavy atom. The summed E-state index contributed by atoms with van der Waals surface area (Å²) >= 11 is 0. The summed E-state index contributed by atoms with van der Waals surface area (Å²) in [5.74, 6) is 0.189. The maximum absolute atomic E-state index is 12.7. The van der Waals surface area contributed by atoms with Crippen LogP contribution in [-0.4, -0.2) is 47.8 Å². The maximum Gasteiger partial charge on any atom is 0.244 e. The summed E-state index contributed by atoms with van der Waals surface area (Å²) < 4.78 is 30.7. The first-order valence-electron chi connectivity index (χ1n) is 10.5. The van der Waals surface area contributed by atoms with Gasteiger partial charge in [-0.3, -0.25) is 4.90 Å². The van der Waals surface area contributed by atoms with E-state index in [1.165, 1.54) is 5.56 Å². The molecule has 31 heavy (non-hydrogen) atoms. The zero-order chi connectivity index (χ0) is 21.8. The smallest absolute Gasteiger partial charge is 0.244 e. The largest absolute Gasteiger partial charge is 0.392 e. The van der Waals surface area contributed by atoms with Gasteiger partial charge in [-0.1, -0.05) is 53.2 Å². The molecule has 2 atom stereocenters. The van der Waals surface area contributed by atoms with Crippen molar-refractivity contribution in [1.82, 2.24) is 15.0 Å².